The molecule has 104 valence electrons. The molecule has 0 aliphatic rings. The van der Waals surface area contributed by atoms with Gasteiger partial charge in [0.15, 0.2) is 0 Å². The lowest BCUT2D eigenvalue weighted by molar-refractivity contribution is -0.151. The molecule has 0 aliphatic heterocycles. The minimum atomic E-state index is -1.11. The molecule has 0 saturated carbocycles. The second-order valence-electron chi connectivity index (χ2n) is 4.56. The molecule has 2 N–H and O–H groups in total. The first kappa shape index (κ1) is 15.0. The highest BCUT2D eigenvalue weighted by Gasteiger charge is 2.19. The highest BCUT2D eigenvalue weighted by Crippen LogP contribution is 2.27. The van der Waals surface area contributed by atoms with Crippen molar-refractivity contribution >= 4 is 17.7 Å². The Bertz CT molecular complexity index is 439. The number of hydrogen-bond donors (Lipinski definition) is 2. The van der Waals surface area contributed by atoms with Crippen molar-refractivity contribution in [1.82, 2.24) is 0 Å². The number of amides is 1. The second-order valence-corrected chi connectivity index (χ2v) is 4.56. The van der Waals surface area contributed by atoms with Crippen LogP contribution in [0.15, 0.2) is 24.3 Å². The molecule has 5 heteroatoms. The van der Waals surface area contributed by atoms with Crippen LogP contribution in [0.5, 0.6) is 0 Å². The number of anilines is 1. The average molecular weight is 265 g/mol. The van der Waals surface area contributed by atoms with Crippen molar-refractivity contribution in [3.63, 3.8) is 0 Å². The van der Waals surface area contributed by atoms with E-state index < -0.39 is 6.09 Å². The molecule has 1 amide bonds. The zero-order chi connectivity index (χ0) is 14.4. The third-order valence-corrected chi connectivity index (χ3v) is 2.64. The summed E-state index contributed by atoms with van der Waals surface area (Å²) in [5.41, 5.74) is 1.34. The number of benzene rings is 1. The van der Waals surface area contributed by atoms with Crippen molar-refractivity contribution < 1.29 is 19.4 Å². The first-order valence-electron chi connectivity index (χ1n) is 6.23. The topological polar surface area (TPSA) is 75.6 Å². The van der Waals surface area contributed by atoms with Crippen LogP contribution in [0.2, 0.25) is 0 Å². The van der Waals surface area contributed by atoms with Crippen molar-refractivity contribution in [1.29, 1.82) is 0 Å². The SMILES string of the molecule is CCC(=O)OC(c1ccc(NC(=O)O)cc1)C(C)C. The van der Waals surface area contributed by atoms with Gasteiger partial charge in [0.1, 0.15) is 6.10 Å². The molecular weight excluding hydrogens is 246 g/mol. The normalized spacial score (nSPS) is 12.0. The minimum absolute atomic E-state index is 0.147. The number of rotatable bonds is 5. The van der Waals surface area contributed by atoms with Crippen molar-refractivity contribution in [3.05, 3.63) is 29.8 Å². The first-order valence-corrected chi connectivity index (χ1v) is 6.23. The zero-order valence-electron chi connectivity index (χ0n) is 11.3. The van der Waals surface area contributed by atoms with Gasteiger partial charge in [-0.2, -0.15) is 0 Å². The third kappa shape index (κ3) is 4.62. The molecule has 19 heavy (non-hydrogen) atoms. The minimum Gasteiger partial charge on any atom is -0.465 e. The fourth-order valence-electron chi connectivity index (χ4n) is 1.69. The summed E-state index contributed by atoms with van der Waals surface area (Å²) in [6, 6.07) is 6.83. The summed E-state index contributed by atoms with van der Waals surface area (Å²) < 4.78 is 5.39. The molecule has 1 atom stereocenters. The Morgan fingerprint density at radius 3 is 2.26 bits per heavy atom. The van der Waals surface area contributed by atoms with E-state index in [1.54, 1.807) is 31.2 Å². The smallest absolute Gasteiger partial charge is 0.409 e. The van der Waals surface area contributed by atoms with E-state index in [1.807, 2.05) is 13.8 Å². The molecule has 0 fully saturated rings. The van der Waals surface area contributed by atoms with Crippen molar-refractivity contribution in [2.75, 3.05) is 5.32 Å². The Morgan fingerprint density at radius 2 is 1.84 bits per heavy atom. The lowest BCUT2D eigenvalue weighted by Gasteiger charge is -2.21. The van der Waals surface area contributed by atoms with Crippen molar-refractivity contribution in [3.8, 4) is 0 Å². The monoisotopic (exact) mass is 265 g/mol. The van der Waals surface area contributed by atoms with Crippen LogP contribution in [0.3, 0.4) is 0 Å². The van der Waals surface area contributed by atoms with Gasteiger partial charge < -0.3 is 9.84 Å². The van der Waals surface area contributed by atoms with Crippen LogP contribution in [0.25, 0.3) is 0 Å². The molecule has 5 nitrogen and oxygen atoms in total. The van der Waals surface area contributed by atoms with Crippen LogP contribution in [0.1, 0.15) is 38.9 Å². The van der Waals surface area contributed by atoms with E-state index in [4.69, 9.17) is 9.84 Å². The molecule has 0 aromatic heterocycles. The Labute approximate surface area is 112 Å². The molecule has 1 aromatic rings. The molecule has 0 heterocycles. The molecule has 0 aliphatic carbocycles. The van der Waals surface area contributed by atoms with Crippen LogP contribution in [0, 0.1) is 5.92 Å². The van der Waals surface area contributed by atoms with Crippen LogP contribution in [-0.2, 0) is 9.53 Å². The van der Waals surface area contributed by atoms with Gasteiger partial charge in [0.25, 0.3) is 0 Å². The van der Waals surface area contributed by atoms with Crippen LogP contribution in [0.4, 0.5) is 10.5 Å². The summed E-state index contributed by atoms with van der Waals surface area (Å²) in [5.74, 6) is -0.0970. The van der Waals surface area contributed by atoms with Gasteiger partial charge in [-0.25, -0.2) is 4.79 Å². The largest absolute Gasteiger partial charge is 0.465 e. The number of hydrogen-bond acceptors (Lipinski definition) is 3. The number of nitrogens with one attached hydrogen (secondary N) is 1. The number of carbonyl (C=O) groups excluding carboxylic acids is 1. The molecule has 0 radical (unpaired) electrons. The summed E-state index contributed by atoms with van der Waals surface area (Å²) in [6.07, 6.45) is -1.08. The predicted molar refractivity (Wildman–Crippen MR) is 72.1 cm³/mol. The lowest BCUT2D eigenvalue weighted by atomic mass is 9.98. The van der Waals surface area contributed by atoms with E-state index in [9.17, 15) is 9.59 Å². The van der Waals surface area contributed by atoms with Gasteiger partial charge in [0.2, 0.25) is 0 Å². The van der Waals surface area contributed by atoms with Crippen molar-refractivity contribution in [2.45, 2.75) is 33.3 Å². The van der Waals surface area contributed by atoms with E-state index in [0.29, 0.717) is 12.1 Å². The molecule has 1 aromatic carbocycles. The third-order valence-electron chi connectivity index (χ3n) is 2.64. The fourth-order valence-corrected chi connectivity index (χ4v) is 1.69. The van der Waals surface area contributed by atoms with Crippen molar-refractivity contribution in [2.24, 2.45) is 5.92 Å². The van der Waals surface area contributed by atoms with E-state index in [0.717, 1.165) is 5.56 Å². The fraction of sp³-hybridized carbons (Fsp3) is 0.429. The highest BCUT2D eigenvalue weighted by atomic mass is 16.5. The molecule has 0 saturated heterocycles. The number of carboxylic acid groups (broad SMARTS) is 1. The highest BCUT2D eigenvalue weighted by molar-refractivity contribution is 5.82. The summed E-state index contributed by atoms with van der Waals surface area (Å²) in [4.78, 5) is 21.9. The Hall–Kier alpha value is -2.04. The van der Waals surface area contributed by atoms with Gasteiger partial charge in [0.05, 0.1) is 0 Å². The Kier molecular flexibility index (Phi) is 5.36. The van der Waals surface area contributed by atoms with E-state index in [-0.39, 0.29) is 18.0 Å². The summed E-state index contributed by atoms with van der Waals surface area (Å²) in [7, 11) is 0. The number of carbonyl (C=O) groups is 2. The quantitative estimate of drug-likeness (QED) is 0.800. The standard InChI is InChI=1S/C14H19NO4/c1-4-12(16)19-13(9(2)3)10-5-7-11(8-6-10)15-14(17)18/h5-9,13,15H,4H2,1-3H3,(H,17,18). The number of esters is 1. The van der Waals surface area contributed by atoms with Crippen LogP contribution in [-0.4, -0.2) is 17.2 Å². The van der Waals surface area contributed by atoms with E-state index in [1.165, 1.54) is 0 Å². The van der Waals surface area contributed by atoms with E-state index in [2.05, 4.69) is 5.32 Å². The van der Waals surface area contributed by atoms with Crippen LogP contribution < -0.4 is 5.32 Å². The van der Waals surface area contributed by atoms with E-state index >= 15 is 0 Å². The second kappa shape index (κ2) is 6.78. The number of ether oxygens (including phenoxy) is 1. The predicted octanol–water partition coefficient (Wildman–Crippen LogP) is 3.43. The summed E-state index contributed by atoms with van der Waals surface area (Å²) in [5, 5.41) is 10.9. The average Bonchev–Trinajstić information content (AvgIpc) is 2.35. The molecular formula is C14H19NO4. The van der Waals surface area contributed by atoms with Crippen LogP contribution >= 0.6 is 0 Å². The van der Waals surface area contributed by atoms with Gasteiger partial charge in [-0.05, 0) is 23.6 Å². The Morgan fingerprint density at radius 1 is 1.26 bits per heavy atom. The maximum absolute atomic E-state index is 11.4. The van der Waals surface area contributed by atoms with Gasteiger partial charge >= 0.3 is 12.1 Å². The maximum Gasteiger partial charge on any atom is 0.409 e. The van der Waals surface area contributed by atoms with Gasteiger partial charge in [0, 0.05) is 12.1 Å². The lowest BCUT2D eigenvalue weighted by Crippen LogP contribution is -2.15. The van der Waals surface area contributed by atoms with Gasteiger partial charge in [-0.15, -0.1) is 0 Å². The van der Waals surface area contributed by atoms with Gasteiger partial charge in [-0.3, -0.25) is 10.1 Å². The molecule has 1 rings (SSSR count). The summed E-state index contributed by atoms with van der Waals surface area (Å²) in [6.45, 7) is 5.69. The molecule has 0 bridgehead atoms. The molecule has 0 spiro atoms. The van der Waals surface area contributed by atoms with Gasteiger partial charge in [-0.1, -0.05) is 32.9 Å². The zero-order valence-corrected chi connectivity index (χ0v) is 11.3. The maximum atomic E-state index is 11.4. The molecule has 1 unspecified atom stereocenters. The first-order chi connectivity index (χ1) is 8.93. The Balaban J connectivity index is 2.85. The summed E-state index contributed by atoms with van der Waals surface area (Å²) >= 11 is 0.